The van der Waals surface area contributed by atoms with Gasteiger partial charge in [0, 0.05) is 32.4 Å². The molecule has 2 amide bonds. The van der Waals surface area contributed by atoms with Gasteiger partial charge in [-0.1, -0.05) is 12.1 Å². The molecule has 1 aliphatic rings. The molecule has 0 aliphatic carbocycles. The topological polar surface area (TPSA) is 58.6 Å². The molecule has 0 aromatic heterocycles. The van der Waals surface area contributed by atoms with Gasteiger partial charge in [0.2, 0.25) is 11.8 Å². The molecule has 1 aromatic rings. The minimum Gasteiger partial charge on any atom is -0.385 e. The Hall–Kier alpha value is -1.88. The number of benzene rings is 1. The van der Waals surface area contributed by atoms with E-state index < -0.39 is 5.54 Å². The van der Waals surface area contributed by atoms with Crippen molar-refractivity contribution in [3.05, 3.63) is 29.3 Å². The van der Waals surface area contributed by atoms with Crippen LogP contribution in [0.3, 0.4) is 0 Å². The minimum atomic E-state index is -0.831. The van der Waals surface area contributed by atoms with E-state index in [-0.39, 0.29) is 11.8 Å². The Kier molecular flexibility index (Phi) is 5.42. The molecule has 1 heterocycles. The number of hydrogen-bond donors (Lipinski definition) is 1. The number of nitrogens with one attached hydrogen (secondary N) is 1. The Morgan fingerprint density at radius 3 is 2.83 bits per heavy atom. The van der Waals surface area contributed by atoms with Crippen LogP contribution in [0.1, 0.15) is 37.3 Å². The standard InChI is InChI=1S/C18H26N2O3/c1-13-6-7-14(2)15(12-13)20-16(21)8-9-18(20,3)17(22)19-10-5-11-23-4/h6-7,12H,5,8-11H2,1-4H3,(H,19,22)/t18-/m0/s1. The third kappa shape index (κ3) is 3.55. The zero-order chi connectivity index (χ0) is 17.0. The minimum absolute atomic E-state index is 0.00763. The smallest absolute Gasteiger partial charge is 0.246 e. The van der Waals surface area contributed by atoms with E-state index in [4.69, 9.17) is 4.74 Å². The van der Waals surface area contributed by atoms with Gasteiger partial charge in [0.25, 0.3) is 0 Å². The highest BCUT2D eigenvalue weighted by molar-refractivity contribution is 6.07. The normalized spacial score (nSPS) is 20.9. The molecule has 0 saturated carbocycles. The number of rotatable bonds is 6. The number of ether oxygens (including phenoxy) is 1. The highest BCUT2D eigenvalue weighted by Crippen LogP contribution is 2.37. The molecule has 1 aliphatic heterocycles. The van der Waals surface area contributed by atoms with Crippen molar-refractivity contribution in [2.45, 2.75) is 45.6 Å². The van der Waals surface area contributed by atoms with Crippen LogP contribution in [0.5, 0.6) is 0 Å². The van der Waals surface area contributed by atoms with Crippen LogP contribution in [-0.4, -0.2) is 37.6 Å². The first kappa shape index (κ1) is 17.5. The van der Waals surface area contributed by atoms with Crippen molar-refractivity contribution >= 4 is 17.5 Å². The van der Waals surface area contributed by atoms with Gasteiger partial charge in [0.05, 0.1) is 0 Å². The molecule has 126 valence electrons. The molecule has 1 saturated heterocycles. The number of carbonyl (C=O) groups excluding carboxylic acids is 2. The van der Waals surface area contributed by atoms with Crippen LogP contribution < -0.4 is 10.2 Å². The van der Waals surface area contributed by atoms with Crippen LogP contribution in [0.2, 0.25) is 0 Å². The SMILES string of the molecule is COCCCNC(=O)[C@]1(C)CCC(=O)N1c1cc(C)ccc1C. The lowest BCUT2D eigenvalue weighted by Crippen LogP contribution is -2.55. The van der Waals surface area contributed by atoms with E-state index in [0.717, 1.165) is 23.2 Å². The van der Waals surface area contributed by atoms with Crippen molar-refractivity contribution < 1.29 is 14.3 Å². The lowest BCUT2D eigenvalue weighted by Gasteiger charge is -2.35. The van der Waals surface area contributed by atoms with Crippen molar-refractivity contribution in [3.63, 3.8) is 0 Å². The summed E-state index contributed by atoms with van der Waals surface area (Å²) >= 11 is 0. The van der Waals surface area contributed by atoms with E-state index in [2.05, 4.69) is 5.32 Å². The Balaban J connectivity index is 2.24. The fraction of sp³-hybridized carbons (Fsp3) is 0.556. The lowest BCUT2D eigenvalue weighted by molar-refractivity contribution is -0.127. The van der Waals surface area contributed by atoms with Gasteiger partial charge in [-0.2, -0.15) is 0 Å². The first-order valence-electron chi connectivity index (χ1n) is 8.07. The van der Waals surface area contributed by atoms with E-state index >= 15 is 0 Å². The number of methoxy groups -OCH3 is 1. The summed E-state index contributed by atoms with van der Waals surface area (Å²) in [5.41, 5.74) is 2.09. The van der Waals surface area contributed by atoms with Crippen molar-refractivity contribution in [3.8, 4) is 0 Å². The molecule has 1 aromatic carbocycles. The lowest BCUT2D eigenvalue weighted by atomic mass is 9.96. The zero-order valence-electron chi connectivity index (χ0n) is 14.4. The summed E-state index contributed by atoms with van der Waals surface area (Å²) in [5, 5.41) is 2.94. The van der Waals surface area contributed by atoms with Gasteiger partial charge in [-0.15, -0.1) is 0 Å². The van der Waals surface area contributed by atoms with Gasteiger partial charge in [0.1, 0.15) is 5.54 Å². The maximum Gasteiger partial charge on any atom is 0.246 e. The Labute approximate surface area is 138 Å². The molecule has 23 heavy (non-hydrogen) atoms. The molecule has 5 nitrogen and oxygen atoms in total. The second kappa shape index (κ2) is 7.13. The van der Waals surface area contributed by atoms with Gasteiger partial charge in [-0.25, -0.2) is 0 Å². The second-order valence-corrected chi connectivity index (χ2v) is 6.40. The quantitative estimate of drug-likeness (QED) is 0.819. The van der Waals surface area contributed by atoms with Gasteiger partial charge in [-0.3, -0.25) is 14.5 Å². The Bertz CT molecular complexity index is 600. The molecule has 0 spiro atoms. The highest BCUT2D eigenvalue weighted by atomic mass is 16.5. The third-order valence-electron chi connectivity index (χ3n) is 4.47. The largest absolute Gasteiger partial charge is 0.385 e. The summed E-state index contributed by atoms with van der Waals surface area (Å²) in [5.74, 6) is -0.0893. The number of amides is 2. The Morgan fingerprint density at radius 1 is 1.39 bits per heavy atom. The molecular weight excluding hydrogens is 292 g/mol. The first-order chi connectivity index (χ1) is 10.9. The number of carbonyl (C=O) groups is 2. The van der Waals surface area contributed by atoms with E-state index in [0.29, 0.717) is 26.0 Å². The predicted octanol–water partition coefficient (Wildman–Crippen LogP) is 2.34. The molecule has 1 fully saturated rings. The monoisotopic (exact) mass is 318 g/mol. The summed E-state index contributed by atoms with van der Waals surface area (Å²) in [6, 6.07) is 5.99. The summed E-state index contributed by atoms with van der Waals surface area (Å²) < 4.78 is 4.99. The van der Waals surface area contributed by atoms with Crippen molar-refractivity contribution in [1.82, 2.24) is 5.32 Å². The number of anilines is 1. The molecular formula is C18H26N2O3. The number of nitrogens with zero attached hydrogens (tertiary/aromatic N) is 1. The molecule has 0 unspecified atom stereocenters. The fourth-order valence-electron chi connectivity index (χ4n) is 3.03. The second-order valence-electron chi connectivity index (χ2n) is 6.40. The van der Waals surface area contributed by atoms with Crippen LogP contribution in [0.25, 0.3) is 0 Å². The average Bonchev–Trinajstić information content (AvgIpc) is 2.82. The molecule has 1 N–H and O–H groups in total. The van der Waals surface area contributed by atoms with Crippen molar-refractivity contribution in [2.75, 3.05) is 25.2 Å². The van der Waals surface area contributed by atoms with Crippen LogP contribution in [-0.2, 0) is 14.3 Å². The van der Waals surface area contributed by atoms with Gasteiger partial charge in [0.15, 0.2) is 0 Å². The summed E-state index contributed by atoms with van der Waals surface area (Å²) in [6.45, 7) is 6.97. The summed E-state index contributed by atoms with van der Waals surface area (Å²) in [6.07, 6.45) is 1.69. The number of aryl methyl sites for hydroxylation is 2. The zero-order valence-corrected chi connectivity index (χ0v) is 14.4. The van der Waals surface area contributed by atoms with E-state index in [1.807, 2.05) is 39.0 Å². The van der Waals surface area contributed by atoms with Gasteiger partial charge < -0.3 is 10.1 Å². The maximum absolute atomic E-state index is 12.7. The van der Waals surface area contributed by atoms with Crippen LogP contribution in [0.4, 0.5) is 5.69 Å². The third-order valence-corrected chi connectivity index (χ3v) is 4.47. The van der Waals surface area contributed by atoms with Gasteiger partial charge >= 0.3 is 0 Å². The van der Waals surface area contributed by atoms with E-state index in [1.54, 1.807) is 12.0 Å². The molecule has 1 atom stereocenters. The van der Waals surface area contributed by atoms with Crippen molar-refractivity contribution in [1.29, 1.82) is 0 Å². The van der Waals surface area contributed by atoms with Crippen LogP contribution in [0.15, 0.2) is 18.2 Å². The van der Waals surface area contributed by atoms with E-state index in [1.165, 1.54) is 0 Å². The first-order valence-corrected chi connectivity index (χ1v) is 8.07. The average molecular weight is 318 g/mol. The molecule has 2 rings (SSSR count). The van der Waals surface area contributed by atoms with Crippen molar-refractivity contribution in [2.24, 2.45) is 0 Å². The Morgan fingerprint density at radius 2 is 2.13 bits per heavy atom. The van der Waals surface area contributed by atoms with Crippen LogP contribution in [0, 0.1) is 13.8 Å². The summed E-state index contributed by atoms with van der Waals surface area (Å²) in [7, 11) is 1.64. The fourth-order valence-corrected chi connectivity index (χ4v) is 3.03. The maximum atomic E-state index is 12.7. The highest BCUT2D eigenvalue weighted by Gasteiger charge is 2.48. The van der Waals surface area contributed by atoms with Gasteiger partial charge in [-0.05, 0) is 50.8 Å². The summed E-state index contributed by atoms with van der Waals surface area (Å²) in [4.78, 5) is 26.9. The predicted molar refractivity (Wildman–Crippen MR) is 90.5 cm³/mol. The molecule has 0 radical (unpaired) electrons. The molecule has 0 bridgehead atoms. The molecule has 5 heteroatoms. The number of hydrogen-bond acceptors (Lipinski definition) is 3. The van der Waals surface area contributed by atoms with Crippen LogP contribution >= 0.6 is 0 Å². The van der Waals surface area contributed by atoms with E-state index in [9.17, 15) is 9.59 Å².